The smallest absolute Gasteiger partial charge is 0.305 e. The Kier molecular flexibility index (Phi) is 7.13. The van der Waals surface area contributed by atoms with E-state index in [9.17, 15) is 4.79 Å². The van der Waals surface area contributed by atoms with E-state index in [-0.39, 0.29) is 24.3 Å². The van der Waals surface area contributed by atoms with Crippen LogP contribution in [0.25, 0.3) is 11.2 Å². The molecule has 4 atom stereocenters. The molecule has 2 aliphatic rings. The fourth-order valence-corrected chi connectivity index (χ4v) is 4.38. The molecule has 2 N–H and O–H groups in total. The van der Waals surface area contributed by atoms with Crippen molar-refractivity contribution in [2.24, 2.45) is 0 Å². The highest BCUT2D eigenvalue weighted by molar-refractivity contribution is 5.81. The van der Waals surface area contributed by atoms with E-state index in [2.05, 4.69) is 26.8 Å². The number of rotatable bonds is 10. The lowest BCUT2D eigenvalue weighted by Crippen LogP contribution is -2.38. The second-order valence-electron chi connectivity index (χ2n) is 9.15. The third kappa shape index (κ3) is 5.26. The molecule has 2 aromatic rings. The molecule has 2 aromatic heterocycles. The monoisotopic (exact) mass is 462 g/mol. The minimum atomic E-state index is -0.721. The molecular formula is C22H34N6O5. The number of nitrogens with zero attached hydrogens (tertiary/aromatic N) is 5. The Balaban J connectivity index is 1.39. The first kappa shape index (κ1) is 23.8. The van der Waals surface area contributed by atoms with Crippen molar-refractivity contribution in [1.29, 1.82) is 0 Å². The van der Waals surface area contributed by atoms with E-state index in [1.165, 1.54) is 6.33 Å². The van der Waals surface area contributed by atoms with Crippen molar-refractivity contribution in [3.05, 3.63) is 12.7 Å². The van der Waals surface area contributed by atoms with Gasteiger partial charge in [0.1, 0.15) is 30.2 Å². The van der Waals surface area contributed by atoms with E-state index in [1.807, 2.05) is 25.5 Å². The number of aromatic nitrogens is 4. The van der Waals surface area contributed by atoms with Crippen LogP contribution in [-0.4, -0.2) is 81.2 Å². The van der Waals surface area contributed by atoms with Crippen LogP contribution in [0.4, 0.5) is 5.82 Å². The van der Waals surface area contributed by atoms with Crippen molar-refractivity contribution in [2.75, 3.05) is 32.5 Å². The summed E-state index contributed by atoms with van der Waals surface area (Å²) >= 11 is 0. The topological polar surface area (TPSA) is 127 Å². The summed E-state index contributed by atoms with van der Waals surface area (Å²) in [4.78, 5) is 26.7. The Morgan fingerprint density at radius 3 is 2.82 bits per heavy atom. The minimum absolute atomic E-state index is 0.142. The maximum atomic E-state index is 11.8. The fourth-order valence-electron chi connectivity index (χ4n) is 4.38. The van der Waals surface area contributed by atoms with Crippen LogP contribution in [0.5, 0.6) is 0 Å². The van der Waals surface area contributed by atoms with Crippen molar-refractivity contribution in [1.82, 2.24) is 24.4 Å². The number of carbonyl (C=O) groups excluding carboxylic acids is 1. The standard InChI is InChI=1S/C22H34N6O5/c1-5-6-10-30-15(29)8-7-9-27(4)11-14-17-18(33-22(2,3)32-17)21(31-14)28-13-26-16-19(23)24-12-25-20(16)28/h12-14,17-18,21H,5-11H2,1-4H3,(H2,23,24,25)/t14-,17-,18-,21-/m1/s1. The van der Waals surface area contributed by atoms with Crippen LogP contribution in [0.3, 0.4) is 0 Å². The number of unbranched alkanes of at least 4 members (excludes halogenated alkanes) is 1. The molecule has 0 aliphatic carbocycles. The van der Waals surface area contributed by atoms with Gasteiger partial charge in [-0.05, 0) is 40.3 Å². The normalized spacial score (nSPS) is 26.2. The molecule has 2 aliphatic heterocycles. The number of hydrogen-bond acceptors (Lipinski definition) is 10. The molecule has 11 nitrogen and oxygen atoms in total. The van der Waals surface area contributed by atoms with Gasteiger partial charge in [-0.3, -0.25) is 9.36 Å². The second kappa shape index (κ2) is 9.88. The molecule has 182 valence electrons. The van der Waals surface area contributed by atoms with E-state index < -0.39 is 12.0 Å². The van der Waals surface area contributed by atoms with E-state index >= 15 is 0 Å². The van der Waals surface area contributed by atoms with Crippen LogP contribution in [0.1, 0.15) is 52.7 Å². The Morgan fingerprint density at radius 1 is 1.24 bits per heavy atom. The van der Waals surface area contributed by atoms with Gasteiger partial charge in [-0.1, -0.05) is 13.3 Å². The number of nitrogens with two attached hydrogens (primary N) is 1. The van der Waals surface area contributed by atoms with E-state index in [0.29, 0.717) is 36.6 Å². The van der Waals surface area contributed by atoms with E-state index in [0.717, 1.165) is 25.8 Å². The molecule has 11 heteroatoms. The number of esters is 1. The maximum absolute atomic E-state index is 11.8. The Labute approximate surface area is 193 Å². The molecule has 0 amide bonds. The van der Waals surface area contributed by atoms with E-state index in [4.69, 9.17) is 24.7 Å². The lowest BCUT2D eigenvalue weighted by molar-refractivity contribution is -0.197. The lowest BCUT2D eigenvalue weighted by atomic mass is 10.1. The molecule has 0 aromatic carbocycles. The number of anilines is 1. The summed E-state index contributed by atoms with van der Waals surface area (Å²) in [7, 11) is 2.01. The molecule has 4 rings (SSSR count). The van der Waals surface area contributed by atoms with Gasteiger partial charge in [-0.15, -0.1) is 0 Å². The van der Waals surface area contributed by atoms with E-state index in [1.54, 1.807) is 6.33 Å². The summed E-state index contributed by atoms with van der Waals surface area (Å²) in [5, 5.41) is 0. The van der Waals surface area contributed by atoms with Crippen molar-refractivity contribution >= 4 is 23.0 Å². The summed E-state index contributed by atoms with van der Waals surface area (Å²) in [5.41, 5.74) is 7.07. The number of imidazole rings is 1. The van der Waals surface area contributed by atoms with Gasteiger partial charge in [0.15, 0.2) is 23.5 Å². The SMILES string of the molecule is CCCCOC(=O)CCCN(C)C[C@H]1O[C@@H](n2cnc3c(N)ncnc32)[C@@H]2OC(C)(C)O[C@@H]21. The zero-order valence-electron chi connectivity index (χ0n) is 19.8. The molecule has 0 saturated carbocycles. The summed E-state index contributed by atoms with van der Waals surface area (Å²) in [6.07, 6.45) is 4.86. The number of fused-ring (bicyclic) bond motifs is 2. The highest BCUT2D eigenvalue weighted by atomic mass is 16.8. The molecule has 33 heavy (non-hydrogen) atoms. The van der Waals surface area contributed by atoms with Crippen molar-refractivity contribution < 1.29 is 23.7 Å². The molecule has 2 saturated heterocycles. The van der Waals surface area contributed by atoms with Gasteiger partial charge in [-0.2, -0.15) is 0 Å². The maximum Gasteiger partial charge on any atom is 0.305 e. The van der Waals surface area contributed by atoms with Crippen molar-refractivity contribution in [3.8, 4) is 0 Å². The zero-order chi connectivity index (χ0) is 23.6. The number of nitrogen functional groups attached to an aromatic ring is 1. The predicted octanol–water partition coefficient (Wildman–Crippen LogP) is 1.88. The first-order valence-electron chi connectivity index (χ1n) is 11.6. The number of likely N-dealkylation sites (N-methyl/N-ethyl adjacent to an activating group) is 1. The number of carbonyl (C=O) groups is 1. The average molecular weight is 463 g/mol. The fraction of sp³-hybridized carbons (Fsp3) is 0.727. The van der Waals surface area contributed by atoms with Gasteiger partial charge < -0.3 is 29.6 Å². The molecule has 2 fully saturated rings. The molecule has 0 radical (unpaired) electrons. The average Bonchev–Trinajstić information content (AvgIpc) is 3.40. The highest BCUT2D eigenvalue weighted by Gasteiger charge is 2.56. The Morgan fingerprint density at radius 2 is 2.03 bits per heavy atom. The van der Waals surface area contributed by atoms with Crippen LogP contribution < -0.4 is 5.73 Å². The lowest BCUT2D eigenvalue weighted by Gasteiger charge is -2.27. The van der Waals surface area contributed by atoms with Gasteiger partial charge in [-0.25, -0.2) is 15.0 Å². The molecule has 4 heterocycles. The Hall–Kier alpha value is -2.34. The first-order valence-corrected chi connectivity index (χ1v) is 11.6. The molecular weight excluding hydrogens is 428 g/mol. The zero-order valence-corrected chi connectivity index (χ0v) is 19.8. The van der Waals surface area contributed by atoms with Crippen LogP contribution >= 0.6 is 0 Å². The molecule has 0 unspecified atom stereocenters. The summed E-state index contributed by atoms with van der Waals surface area (Å²) in [5.74, 6) is -0.542. The van der Waals surface area contributed by atoms with Crippen LogP contribution in [0.15, 0.2) is 12.7 Å². The molecule has 0 bridgehead atoms. The predicted molar refractivity (Wildman–Crippen MR) is 120 cm³/mol. The van der Waals surface area contributed by atoms with Crippen LogP contribution in [0, 0.1) is 0 Å². The summed E-state index contributed by atoms with van der Waals surface area (Å²) < 4.78 is 25.9. The third-order valence-electron chi connectivity index (χ3n) is 5.96. The van der Waals surface area contributed by atoms with Gasteiger partial charge in [0, 0.05) is 13.0 Å². The largest absolute Gasteiger partial charge is 0.466 e. The summed E-state index contributed by atoms with van der Waals surface area (Å²) in [6, 6.07) is 0. The Bertz CT molecular complexity index is 966. The van der Waals surface area contributed by atoms with Gasteiger partial charge in [0.25, 0.3) is 0 Å². The van der Waals surface area contributed by atoms with Crippen molar-refractivity contribution in [2.45, 2.75) is 76.8 Å². The summed E-state index contributed by atoms with van der Waals surface area (Å²) in [6.45, 7) is 7.75. The van der Waals surface area contributed by atoms with Gasteiger partial charge >= 0.3 is 5.97 Å². The second-order valence-corrected chi connectivity index (χ2v) is 9.15. The first-order chi connectivity index (χ1) is 15.8. The molecule has 0 spiro atoms. The van der Waals surface area contributed by atoms with Gasteiger partial charge in [0.2, 0.25) is 0 Å². The third-order valence-corrected chi connectivity index (χ3v) is 5.96. The quantitative estimate of drug-likeness (QED) is 0.413. The number of ether oxygens (including phenoxy) is 4. The van der Waals surface area contributed by atoms with Crippen LogP contribution in [-0.2, 0) is 23.7 Å². The number of hydrogen-bond donors (Lipinski definition) is 1. The van der Waals surface area contributed by atoms with Crippen LogP contribution in [0.2, 0.25) is 0 Å². The minimum Gasteiger partial charge on any atom is -0.466 e. The highest BCUT2D eigenvalue weighted by Crippen LogP contribution is 2.44. The van der Waals surface area contributed by atoms with Gasteiger partial charge in [0.05, 0.1) is 12.9 Å². The van der Waals surface area contributed by atoms with Crippen molar-refractivity contribution in [3.63, 3.8) is 0 Å².